The lowest BCUT2D eigenvalue weighted by Gasteiger charge is -2.19. The second-order valence-corrected chi connectivity index (χ2v) is 7.41. The van der Waals surface area contributed by atoms with E-state index in [2.05, 4.69) is 81.4 Å². The van der Waals surface area contributed by atoms with Crippen molar-refractivity contribution in [2.24, 2.45) is 16.1 Å². The molecule has 0 saturated heterocycles. The maximum absolute atomic E-state index is 5.81. The molecule has 4 rings (SSSR count). The number of aryl methyl sites for hydroxylation is 4. The summed E-state index contributed by atoms with van der Waals surface area (Å²) in [5.41, 5.74) is 9.01. The number of benzene rings is 2. The van der Waals surface area contributed by atoms with E-state index in [0.29, 0.717) is 0 Å². The molecule has 1 aliphatic carbocycles. The van der Waals surface area contributed by atoms with E-state index >= 15 is 0 Å². The molecule has 27 heavy (non-hydrogen) atoms. The summed E-state index contributed by atoms with van der Waals surface area (Å²) in [5.74, 6) is -0.0126. The monoisotopic (exact) mass is 356 g/mol. The van der Waals surface area contributed by atoms with Crippen LogP contribution in [0.15, 0.2) is 70.9 Å². The normalized spacial score (nSPS) is 22.4. The van der Waals surface area contributed by atoms with Crippen LogP contribution >= 0.6 is 0 Å². The molecule has 2 aliphatic rings. The van der Waals surface area contributed by atoms with E-state index in [4.69, 9.17) is 9.83 Å². The average Bonchev–Trinajstić information content (AvgIpc) is 2.91. The highest BCUT2D eigenvalue weighted by molar-refractivity contribution is 6.21. The third-order valence-electron chi connectivity index (χ3n) is 5.12. The molecular weight excluding hydrogens is 332 g/mol. The predicted molar refractivity (Wildman–Crippen MR) is 112 cm³/mol. The molecule has 2 aromatic carbocycles. The smallest absolute Gasteiger partial charge is 0.160 e. The Labute approximate surface area is 160 Å². The van der Waals surface area contributed by atoms with E-state index < -0.39 is 0 Å². The van der Waals surface area contributed by atoms with Crippen molar-refractivity contribution in [2.75, 3.05) is 0 Å². The summed E-state index contributed by atoms with van der Waals surface area (Å²) >= 11 is 0. The van der Waals surface area contributed by atoms with Crippen LogP contribution < -0.4 is 0 Å². The van der Waals surface area contributed by atoms with E-state index in [-0.39, 0.29) is 12.0 Å². The zero-order chi connectivity index (χ0) is 19.0. The summed E-state index contributed by atoms with van der Waals surface area (Å²) in [4.78, 5) is 10.8. The molecule has 0 amide bonds. The number of nitrogens with zero attached hydrogens (tertiary/aromatic N) is 2. The van der Waals surface area contributed by atoms with E-state index in [1.165, 1.54) is 27.8 Å². The van der Waals surface area contributed by atoms with Gasteiger partial charge in [-0.3, -0.25) is 4.99 Å². The minimum absolute atomic E-state index is 0.0126. The van der Waals surface area contributed by atoms with Crippen LogP contribution in [0.1, 0.15) is 27.8 Å². The van der Waals surface area contributed by atoms with Gasteiger partial charge in [0, 0.05) is 5.56 Å². The first kappa shape index (κ1) is 17.5. The standard InChI is InChI=1S/C24H24N2O/c1-15-9-11-19(12-10-15)25-20-7-5-6-8-21-23(20)24(26-27-21)22-17(3)13-16(2)14-18(22)4/h5-14,21,23H,1-4H3. The molecule has 0 bridgehead atoms. The largest absolute Gasteiger partial charge is 0.387 e. The molecule has 0 N–H and O–H groups in total. The number of rotatable bonds is 2. The van der Waals surface area contributed by atoms with Gasteiger partial charge in [0.25, 0.3) is 0 Å². The lowest BCUT2D eigenvalue weighted by molar-refractivity contribution is 0.110. The molecule has 3 heteroatoms. The molecule has 0 spiro atoms. The van der Waals surface area contributed by atoms with Gasteiger partial charge in [-0.25, -0.2) is 0 Å². The van der Waals surface area contributed by atoms with Crippen LogP contribution in [0.25, 0.3) is 0 Å². The van der Waals surface area contributed by atoms with Crippen molar-refractivity contribution in [3.05, 3.63) is 88.5 Å². The first-order valence-corrected chi connectivity index (χ1v) is 9.35. The molecule has 2 unspecified atom stereocenters. The summed E-state index contributed by atoms with van der Waals surface area (Å²) in [5, 5.41) is 4.50. The molecule has 1 heterocycles. The van der Waals surface area contributed by atoms with Gasteiger partial charge in [-0.05, 0) is 63.1 Å². The van der Waals surface area contributed by atoms with Crippen LogP contribution in [-0.4, -0.2) is 17.5 Å². The van der Waals surface area contributed by atoms with Crippen molar-refractivity contribution in [2.45, 2.75) is 33.8 Å². The third-order valence-corrected chi connectivity index (χ3v) is 5.12. The van der Waals surface area contributed by atoms with Crippen molar-refractivity contribution in [1.82, 2.24) is 0 Å². The van der Waals surface area contributed by atoms with Crippen LogP contribution in [-0.2, 0) is 4.84 Å². The Morgan fingerprint density at radius 2 is 1.59 bits per heavy atom. The molecular formula is C24H24N2O. The number of hydrogen-bond acceptors (Lipinski definition) is 3. The first-order chi connectivity index (χ1) is 13.0. The van der Waals surface area contributed by atoms with Gasteiger partial charge < -0.3 is 4.84 Å². The van der Waals surface area contributed by atoms with Crippen LogP contribution in [0.4, 0.5) is 5.69 Å². The SMILES string of the molecule is Cc1ccc(N=C2C=CC=CC3ON=C(c4c(C)cc(C)cc4C)C23)cc1. The van der Waals surface area contributed by atoms with Crippen molar-refractivity contribution in [3.8, 4) is 0 Å². The zero-order valence-electron chi connectivity index (χ0n) is 16.2. The average molecular weight is 356 g/mol. The van der Waals surface area contributed by atoms with Crippen LogP contribution in [0, 0.1) is 33.6 Å². The van der Waals surface area contributed by atoms with Crippen LogP contribution in [0.5, 0.6) is 0 Å². The third kappa shape index (κ3) is 3.37. The van der Waals surface area contributed by atoms with Gasteiger partial charge in [-0.1, -0.05) is 52.7 Å². The lowest BCUT2D eigenvalue weighted by Crippen LogP contribution is -2.30. The summed E-state index contributed by atoms with van der Waals surface area (Å²) in [6.07, 6.45) is 8.06. The summed E-state index contributed by atoms with van der Waals surface area (Å²) in [6.45, 7) is 8.50. The Kier molecular flexibility index (Phi) is 4.53. The summed E-state index contributed by atoms with van der Waals surface area (Å²) < 4.78 is 0. The van der Waals surface area contributed by atoms with Crippen molar-refractivity contribution < 1.29 is 4.84 Å². The second kappa shape index (κ2) is 6.99. The van der Waals surface area contributed by atoms with Gasteiger partial charge in [0.2, 0.25) is 0 Å². The Morgan fingerprint density at radius 1 is 0.889 bits per heavy atom. The number of oxime groups is 1. The molecule has 136 valence electrons. The van der Waals surface area contributed by atoms with E-state index in [1.807, 2.05) is 12.2 Å². The Hall–Kier alpha value is -2.94. The van der Waals surface area contributed by atoms with Gasteiger partial charge >= 0.3 is 0 Å². The highest BCUT2D eigenvalue weighted by atomic mass is 16.6. The van der Waals surface area contributed by atoms with Gasteiger partial charge in [0.1, 0.15) is 5.71 Å². The molecule has 0 aromatic heterocycles. The van der Waals surface area contributed by atoms with Gasteiger partial charge in [0.15, 0.2) is 6.10 Å². The topological polar surface area (TPSA) is 34.0 Å². The molecule has 0 fully saturated rings. The van der Waals surface area contributed by atoms with E-state index in [9.17, 15) is 0 Å². The van der Waals surface area contributed by atoms with Gasteiger partial charge in [-0.15, -0.1) is 0 Å². The molecule has 1 aliphatic heterocycles. The van der Waals surface area contributed by atoms with Crippen LogP contribution in [0.3, 0.4) is 0 Å². The number of hydrogen-bond donors (Lipinski definition) is 0. The summed E-state index contributed by atoms with van der Waals surface area (Å²) in [6, 6.07) is 12.7. The first-order valence-electron chi connectivity index (χ1n) is 9.35. The van der Waals surface area contributed by atoms with Crippen molar-refractivity contribution >= 4 is 17.1 Å². The molecule has 2 atom stereocenters. The van der Waals surface area contributed by atoms with Gasteiger partial charge in [-0.2, -0.15) is 0 Å². The Morgan fingerprint density at radius 3 is 2.30 bits per heavy atom. The highest BCUT2D eigenvalue weighted by Crippen LogP contribution is 2.32. The minimum Gasteiger partial charge on any atom is -0.387 e. The lowest BCUT2D eigenvalue weighted by atomic mass is 9.84. The molecule has 3 nitrogen and oxygen atoms in total. The maximum atomic E-state index is 5.81. The number of allylic oxidation sites excluding steroid dienone is 3. The van der Waals surface area contributed by atoms with E-state index in [0.717, 1.165) is 17.1 Å². The second-order valence-electron chi connectivity index (χ2n) is 7.41. The maximum Gasteiger partial charge on any atom is 0.160 e. The fraction of sp³-hybridized carbons (Fsp3) is 0.250. The Balaban J connectivity index is 1.81. The predicted octanol–water partition coefficient (Wildman–Crippen LogP) is 5.54. The minimum atomic E-state index is -0.126. The highest BCUT2D eigenvalue weighted by Gasteiger charge is 2.38. The quantitative estimate of drug-likeness (QED) is 0.696. The van der Waals surface area contributed by atoms with Gasteiger partial charge in [0.05, 0.1) is 17.3 Å². The van der Waals surface area contributed by atoms with Crippen molar-refractivity contribution in [3.63, 3.8) is 0 Å². The number of fused-ring (bicyclic) bond motifs is 1. The fourth-order valence-electron chi connectivity index (χ4n) is 3.94. The molecule has 2 aromatic rings. The Bertz CT molecular complexity index is 971. The van der Waals surface area contributed by atoms with Crippen LogP contribution in [0.2, 0.25) is 0 Å². The molecule has 0 saturated carbocycles. The zero-order valence-corrected chi connectivity index (χ0v) is 16.2. The molecule has 0 radical (unpaired) electrons. The fourth-order valence-corrected chi connectivity index (χ4v) is 3.94. The summed E-state index contributed by atoms with van der Waals surface area (Å²) in [7, 11) is 0. The van der Waals surface area contributed by atoms with E-state index in [1.54, 1.807) is 0 Å². The van der Waals surface area contributed by atoms with Crippen molar-refractivity contribution in [1.29, 1.82) is 0 Å². The number of aliphatic imine (C=N–C) groups is 1.